The standard InChI is InChI=1S/C23H28N4/c1-16-8-5-6-11-21(16)27-22-13-23(3,4)12-20(19(22)15-25-27)24-14-18-10-7-9-17(2)26-18/h5-11,15,20,24H,12-14H2,1-4H3/t20-/m0/s1. The van der Waals surface area contributed by atoms with Gasteiger partial charge in [-0.2, -0.15) is 5.10 Å². The molecule has 27 heavy (non-hydrogen) atoms. The highest BCUT2D eigenvalue weighted by Gasteiger charge is 2.35. The molecule has 2 aromatic heterocycles. The van der Waals surface area contributed by atoms with Crippen LogP contribution in [0, 0.1) is 19.3 Å². The molecule has 4 rings (SSSR count). The van der Waals surface area contributed by atoms with Gasteiger partial charge in [-0.3, -0.25) is 4.98 Å². The number of para-hydroxylation sites is 1. The van der Waals surface area contributed by atoms with Crippen molar-refractivity contribution in [3.05, 3.63) is 76.9 Å². The Labute approximate surface area is 161 Å². The second-order valence-electron chi connectivity index (χ2n) is 8.49. The van der Waals surface area contributed by atoms with Gasteiger partial charge >= 0.3 is 0 Å². The number of pyridine rings is 1. The van der Waals surface area contributed by atoms with E-state index < -0.39 is 0 Å². The minimum absolute atomic E-state index is 0.227. The van der Waals surface area contributed by atoms with Gasteiger partial charge in [0.05, 0.1) is 17.6 Å². The van der Waals surface area contributed by atoms with E-state index in [0.29, 0.717) is 6.04 Å². The van der Waals surface area contributed by atoms with Gasteiger partial charge in [-0.15, -0.1) is 0 Å². The number of fused-ring (bicyclic) bond motifs is 1. The quantitative estimate of drug-likeness (QED) is 0.734. The maximum atomic E-state index is 4.77. The van der Waals surface area contributed by atoms with Gasteiger partial charge in [0.15, 0.2) is 0 Å². The summed E-state index contributed by atoms with van der Waals surface area (Å²) in [5.41, 5.74) is 7.46. The largest absolute Gasteiger partial charge is 0.304 e. The second-order valence-corrected chi connectivity index (χ2v) is 8.49. The summed E-state index contributed by atoms with van der Waals surface area (Å²) < 4.78 is 2.14. The zero-order valence-electron chi connectivity index (χ0n) is 16.7. The maximum Gasteiger partial charge on any atom is 0.0678 e. The molecule has 0 unspecified atom stereocenters. The first-order chi connectivity index (χ1) is 12.9. The molecule has 1 atom stereocenters. The fourth-order valence-corrected chi connectivity index (χ4v) is 4.16. The lowest BCUT2D eigenvalue weighted by Crippen LogP contribution is -2.33. The van der Waals surface area contributed by atoms with Crippen LogP contribution in [0.4, 0.5) is 0 Å². The molecule has 0 spiro atoms. The average molecular weight is 361 g/mol. The van der Waals surface area contributed by atoms with Crippen LogP contribution >= 0.6 is 0 Å². The third-order valence-corrected chi connectivity index (χ3v) is 5.50. The molecular weight excluding hydrogens is 332 g/mol. The van der Waals surface area contributed by atoms with Crippen LogP contribution in [0.15, 0.2) is 48.7 Å². The molecule has 0 saturated heterocycles. The topological polar surface area (TPSA) is 42.7 Å². The number of hydrogen-bond acceptors (Lipinski definition) is 3. The van der Waals surface area contributed by atoms with Gasteiger partial charge in [-0.05, 0) is 55.9 Å². The molecule has 4 nitrogen and oxygen atoms in total. The lowest BCUT2D eigenvalue weighted by Gasteiger charge is -2.36. The summed E-state index contributed by atoms with van der Waals surface area (Å²) in [7, 11) is 0. The first kappa shape index (κ1) is 17.9. The van der Waals surface area contributed by atoms with E-state index in [4.69, 9.17) is 5.10 Å². The lowest BCUT2D eigenvalue weighted by molar-refractivity contribution is 0.252. The molecule has 0 aliphatic heterocycles. The molecule has 1 aliphatic carbocycles. The highest BCUT2D eigenvalue weighted by molar-refractivity contribution is 5.43. The number of nitrogens with zero attached hydrogens (tertiary/aromatic N) is 3. The van der Waals surface area contributed by atoms with Gasteiger partial charge in [0, 0.05) is 29.5 Å². The van der Waals surface area contributed by atoms with Crippen molar-refractivity contribution in [1.82, 2.24) is 20.1 Å². The Morgan fingerprint density at radius 3 is 2.70 bits per heavy atom. The Kier molecular flexibility index (Phi) is 4.60. The molecule has 4 heteroatoms. The predicted molar refractivity (Wildman–Crippen MR) is 109 cm³/mol. The number of nitrogens with one attached hydrogen (secondary N) is 1. The molecule has 3 aromatic rings. The number of benzene rings is 1. The first-order valence-corrected chi connectivity index (χ1v) is 9.72. The fourth-order valence-electron chi connectivity index (χ4n) is 4.16. The van der Waals surface area contributed by atoms with Crippen LogP contribution in [0.25, 0.3) is 5.69 Å². The van der Waals surface area contributed by atoms with Gasteiger partial charge < -0.3 is 5.32 Å². The van der Waals surface area contributed by atoms with Crippen molar-refractivity contribution in [3.63, 3.8) is 0 Å². The first-order valence-electron chi connectivity index (χ1n) is 9.72. The Morgan fingerprint density at radius 1 is 1.11 bits per heavy atom. The van der Waals surface area contributed by atoms with Gasteiger partial charge in [0.2, 0.25) is 0 Å². The highest BCUT2D eigenvalue weighted by Crippen LogP contribution is 2.41. The van der Waals surface area contributed by atoms with Crippen molar-refractivity contribution < 1.29 is 0 Å². The smallest absolute Gasteiger partial charge is 0.0678 e. The average Bonchev–Trinajstić information content (AvgIpc) is 3.02. The monoisotopic (exact) mass is 360 g/mol. The van der Waals surface area contributed by atoms with Gasteiger partial charge in [-0.25, -0.2) is 4.68 Å². The predicted octanol–water partition coefficient (Wildman–Crippen LogP) is 4.69. The fraction of sp³-hybridized carbons (Fsp3) is 0.391. The van der Waals surface area contributed by atoms with Crippen molar-refractivity contribution in [2.75, 3.05) is 0 Å². The van der Waals surface area contributed by atoms with E-state index in [1.807, 2.05) is 13.0 Å². The number of hydrogen-bond donors (Lipinski definition) is 1. The van der Waals surface area contributed by atoms with E-state index in [9.17, 15) is 0 Å². The summed E-state index contributed by atoms with van der Waals surface area (Å²) in [6.07, 6.45) is 4.20. The van der Waals surface area contributed by atoms with Crippen LogP contribution in [-0.2, 0) is 13.0 Å². The van der Waals surface area contributed by atoms with Crippen molar-refractivity contribution >= 4 is 0 Å². The summed E-state index contributed by atoms with van der Waals surface area (Å²) in [6, 6.07) is 15.0. The lowest BCUT2D eigenvalue weighted by atomic mass is 9.74. The van der Waals surface area contributed by atoms with Gasteiger partial charge in [0.25, 0.3) is 0 Å². The van der Waals surface area contributed by atoms with E-state index in [1.165, 1.54) is 22.5 Å². The molecule has 1 N–H and O–H groups in total. The Hall–Kier alpha value is -2.46. The molecule has 0 saturated carbocycles. The van der Waals surface area contributed by atoms with Crippen molar-refractivity contribution in [2.24, 2.45) is 5.41 Å². The Balaban J connectivity index is 1.65. The molecule has 1 aromatic carbocycles. The van der Waals surface area contributed by atoms with E-state index in [0.717, 1.165) is 30.8 Å². The third kappa shape index (κ3) is 3.67. The van der Waals surface area contributed by atoms with Crippen molar-refractivity contribution in [2.45, 2.75) is 53.1 Å². The van der Waals surface area contributed by atoms with E-state index >= 15 is 0 Å². The molecule has 0 radical (unpaired) electrons. The Morgan fingerprint density at radius 2 is 1.93 bits per heavy atom. The number of aryl methyl sites for hydroxylation is 2. The van der Waals surface area contributed by atoms with Crippen LogP contribution in [0.2, 0.25) is 0 Å². The SMILES string of the molecule is Cc1cccc(CN[C@H]2CC(C)(C)Cc3c2cnn3-c2ccccc2C)n1. The van der Waals surface area contributed by atoms with E-state index in [-0.39, 0.29) is 5.41 Å². The van der Waals surface area contributed by atoms with Crippen LogP contribution in [0.5, 0.6) is 0 Å². The molecular formula is C23H28N4. The third-order valence-electron chi connectivity index (χ3n) is 5.50. The van der Waals surface area contributed by atoms with E-state index in [1.54, 1.807) is 0 Å². The van der Waals surface area contributed by atoms with Crippen LogP contribution < -0.4 is 5.32 Å². The van der Waals surface area contributed by atoms with Gasteiger partial charge in [0.1, 0.15) is 0 Å². The van der Waals surface area contributed by atoms with Crippen LogP contribution in [-0.4, -0.2) is 14.8 Å². The van der Waals surface area contributed by atoms with Gasteiger partial charge in [-0.1, -0.05) is 38.1 Å². The molecule has 2 heterocycles. The summed E-state index contributed by atoms with van der Waals surface area (Å²) in [6.45, 7) is 9.67. The van der Waals surface area contributed by atoms with Crippen molar-refractivity contribution in [3.8, 4) is 5.69 Å². The van der Waals surface area contributed by atoms with Crippen molar-refractivity contribution in [1.29, 1.82) is 0 Å². The molecule has 140 valence electrons. The minimum atomic E-state index is 0.227. The van der Waals surface area contributed by atoms with Crippen LogP contribution in [0.3, 0.4) is 0 Å². The Bertz CT molecular complexity index is 955. The molecule has 0 amide bonds. The highest BCUT2D eigenvalue weighted by atomic mass is 15.3. The molecule has 0 fully saturated rings. The van der Waals surface area contributed by atoms with Crippen LogP contribution in [0.1, 0.15) is 54.5 Å². The zero-order chi connectivity index (χ0) is 19.0. The minimum Gasteiger partial charge on any atom is -0.304 e. The van der Waals surface area contributed by atoms with E-state index in [2.05, 4.69) is 78.3 Å². The number of aromatic nitrogens is 3. The molecule has 0 bridgehead atoms. The summed E-state index contributed by atoms with van der Waals surface area (Å²) >= 11 is 0. The molecule has 1 aliphatic rings. The maximum absolute atomic E-state index is 4.77. The zero-order valence-corrected chi connectivity index (χ0v) is 16.7. The summed E-state index contributed by atoms with van der Waals surface area (Å²) in [5, 5.41) is 8.52. The summed E-state index contributed by atoms with van der Waals surface area (Å²) in [5.74, 6) is 0. The summed E-state index contributed by atoms with van der Waals surface area (Å²) in [4.78, 5) is 4.63. The second kappa shape index (κ2) is 6.93. The normalized spacial score (nSPS) is 18.3. The number of rotatable bonds is 4.